The van der Waals surface area contributed by atoms with Crippen LogP contribution >= 0.6 is 0 Å². The topological polar surface area (TPSA) is 164 Å². The lowest BCUT2D eigenvalue weighted by Crippen LogP contribution is -2.34. The van der Waals surface area contributed by atoms with Crippen LogP contribution in [-0.2, 0) is 37.9 Å². The zero-order valence-electron chi connectivity index (χ0n) is 27.9. The number of carbonyl (C=O) groups excluding carboxylic acids is 3. The molecule has 0 aliphatic rings. The fourth-order valence-electron chi connectivity index (χ4n) is 4.53. The molecule has 0 aliphatic heterocycles. The van der Waals surface area contributed by atoms with Gasteiger partial charge >= 0.3 is 6.43 Å². The number of halogens is 6. The summed E-state index contributed by atoms with van der Waals surface area (Å²) >= 11 is 0. The molecule has 0 aliphatic carbocycles. The highest BCUT2D eigenvalue weighted by molar-refractivity contribution is 7.92. The maximum absolute atomic E-state index is 14.4. The lowest BCUT2D eigenvalue weighted by atomic mass is 10.1. The predicted molar refractivity (Wildman–Crippen MR) is 184 cm³/mol. The van der Waals surface area contributed by atoms with Gasteiger partial charge in [-0.05, 0) is 48.5 Å². The van der Waals surface area contributed by atoms with Gasteiger partial charge < -0.3 is 11.1 Å². The van der Waals surface area contributed by atoms with Gasteiger partial charge in [0.1, 0.15) is 23.3 Å². The molecule has 0 radical (unpaired) electrons. The van der Waals surface area contributed by atoms with Gasteiger partial charge in [0.25, 0.3) is 5.91 Å². The second kappa shape index (κ2) is 18.0. The zero-order chi connectivity index (χ0) is 39.7. The summed E-state index contributed by atoms with van der Waals surface area (Å²) in [5, 5.41) is 1.71. The van der Waals surface area contributed by atoms with Crippen LogP contribution in [0.3, 0.4) is 0 Å². The zero-order valence-corrected chi connectivity index (χ0v) is 29.5. The Kier molecular flexibility index (Phi) is 14.3. The van der Waals surface area contributed by atoms with Crippen molar-refractivity contribution < 1.29 is 57.6 Å². The molecule has 0 aromatic heterocycles. The van der Waals surface area contributed by atoms with E-state index < -0.39 is 80.3 Å². The average Bonchev–Trinajstić information content (AvgIpc) is 3.08. The van der Waals surface area contributed by atoms with Crippen molar-refractivity contribution in [2.75, 3.05) is 34.2 Å². The number of ketones is 2. The molecule has 0 fully saturated rings. The minimum Gasteiger partial charge on any atom is -0.344 e. The van der Waals surface area contributed by atoms with E-state index in [4.69, 9.17) is 5.73 Å². The van der Waals surface area contributed by atoms with Gasteiger partial charge in [0, 0.05) is 22.3 Å². The third-order valence-electron chi connectivity index (χ3n) is 7.18. The Labute approximate surface area is 301 Å². The molecule has 4 rings (SSSR count). The first-order valence-corrected chi connectivity index (χ1v) is 18.8. The van der Waals surface area contributed by atoms with Gasteiger partial charge in [0.2, 0.25) is 20.0 Å². The molecule has 284 valence electrons. The molecule has 11 nitrogen and oxygen atoms in total. The standard InChI is InChI=1S/C18H16F4N2O4S.C16H16F2N2O3S/c1-29(27,28)24(14-4-2-3-13(19)8-14)10-12-6-5-11(7-15(12)20)16(25)9-23-18(26)17(21)22;1-24(22,23)20(14-4-2-3-13(17)8-14)10-12-6-5-11(7-15(12)18)16(21)9-19/h2-8,17H,9-10H2,1H3,(H,23,26);2-8H,9-10,19H2,1H3. The molecule has 0 saturated heterocycles. The van der Waals surface area contributed by atoms with Crippen molar-refractivity contribution in [3.63, 3.8) is 0 Å². The Bertz CT molecular complexity index is 2210. The highest BCUT2D eigenvalue weighted by atomic mass is 32.2. The number of benzene rings is 4. The van der Waals surface area contributed by atoms with Gasteiger partial charge in [-0.1, -0.05) is 36.4 Å². The molecule has 0 heterocycles. The molecule has 0 bridgehead atoms. The monoisotopic (exact) mass is 786 g/mol. The largest absolute Gasteiger partial charge is 0.344 e. The summed E-state index contributed by atoms with van der Waals surface area (Å²) in [5.74, 6) is -5.82. The number of anilines is 2. The maximum Gasteiger partial charge on any atom is 0.315 e. The minimum absolute atomic E-state index is 0.0123. The smallest absolute Gasteiger partial charge is 0.315 e. The Balaban J connectivity index is 0.000000290. The molecule has 1 amide bonds. The minimum atomic E-state index is -3.89. The summed E-state index contributed by atoms with van der Waals surface area (Å²) in [6.07, 6.45) is -1.46. The molecule has 0 saturated carbocycles. The second-order valence-corrected chi connectivity index (χ2v) is 15.0. The van der Waals surface area contributed by atoms with Crippen molar-refractivity contribution in [3.8, 4) is 0 Å². The molecule has 19 heteroatoms. The molecule has 0 atom stereocenters. The van der Waals surface area contributed by atoms with Crippen molar-refractivity contribution in [1.82, 2.24) is 5.32 Å². The highest BCUT2D eigenvalue weighted by Crippen LogP contribution is 2.25. The molecule has 4 aromatic carbocycles. The Morgan fingerprint density at radius 1 is 0.660 bits per heavy atom. The Morgan fingerprint density at radius 3 is 1.42 bits per heavy atom. The number of nitrogens with one attached hydrogen (secondary N) is 1. The lowest BCUT2D eigenvalue weighted by Gasteiger charge is -2.23. The summed E-state index contributed by atoms with van der Waals surface area (Å²) in [4.78, 5) is 34.2. The van der Waals surface area contributed by atoms with Crippen molar-refractivity contribution in [1.29, 1.82) is 0 Å². The quantitative estimate of drug-likeness (QED) is 0.139. The third-order valence-corrected chi connectivity index (χ3v) is 9.46. The van der Waals surface area contributed by atoms with E-state index in [0.29, 0.717) is 0 Å². The van der Waals surface area contributed by atoms with Crippen molar-refractivity contribution >= 4 is 48.9 Å². The van der Waals surface area contributed by atoms with Crippen molar-refractivity contribution in [2.24, 2.45) is 5.73 Å². The number of Topliss-reactive ketones (excluding diaryl/α,β-unsaturated/α-hetero) is 2. The van der Waals surface area contributed by atoms with Crippen LogP contribution in [0.1, 0.15) is 31.8 Å². The number of rotatable bonds is 14. The van der Waals surface area contributed by atoms with E-state index in [1.807, 2.05) is 0 Å². The van der Waals surface area contributed by atoms with Crippen molar-refractivity contribution in [2.45, 2.75) is 19.5 Å². The summed E-state index contributed by atoms with van der Waals surface area (Å²) < 4.78 is 129. The fraction of sp³-hybridized carbons (Fsp3) is 0.206. The van der Waals surface area contributed by atoms with Crippen LogP contribution in [0, 0.1) is 23.3 Å². The summed E-state index contributed by atoms with van der Waals surface area (Å²) in [5.41, 5.74) is 5.16. The van der Waals surface area contributed by atoms with Gasteiger partial charge in [-0.3, -0.25) is 23.0 Å². The molecule has 4 aromatic rings. The summed E-state index contributed by atoms with van der Waals surface area (Å²) in [6.45, 7) is -1.80. The normalized spacial score (nSPS) is 11.4. The molecule has 53 heavy (non-hydrogen) atoms. The van der Waals surface area contributed by atoms with E-state index in [-0.39, 0.29) is 46.7 Å². The molecular weight excluding hydrogens is 755 g/mol. The highest BCUT2D eigenvalue weighted by Gasteiger charge is 2.23. The van der Waals surface area contributed by atoms with Gasteiger partial charge in [-0.15, -0.1) is 0 Å². The van der Waals surface area contributed by atoms with E-state index in [0.717, 1.165) is 57.5 Å². The first kappa shape index (κ1) is 42.1. The van der Waals surface area contributed by atoms with E-state index in [2.05, 4.69) is 0 Å². The number of hydrogen-bond acceptors (Lipinski definition) is 8. The summed E-state index contributed by atoms with van der Waals surface area (Å²) in [6, 6.07) is 16.6. The summed E-state index contributed by atoms with van der Waals surface area (Å²) in [7, 11) is -7.66. The number of hydrogen-bond donors (Lipinski definition) is 2. The van der Waals surface area contributed by atoms with E-state index in [1.165, 1.54) is 48.5 Å². The van der Waals surface area contributed by atoms with E-state index >= 15 is 0 Å². The first-order chi connectivity index (χ1) is 24.7. The first-order valence-electron chi connectivity index (χ1n) is 15.1. The van der Waals surface area contributed by atoms with Crippen LogP contribution in [0.25, 0.3) is 0 Å². The van der Waals surface area contributed by atoms with Gasteiger partial charge in [-0.25, -0.2) is 34.4 Å². The van der Waals surface area contributed by atoms with Crippen LogP contribution in [0.15, 0.2) is 84.9 Å². The third kappa shape index (κ3) is 12.1. The van der Waals surface area contributed by atoms with Crippen LogP contribution < -0.4 is 19.7 Å². The number of nitrogens with two attached hydrogens (primary N) is 1. The number of amides is 1. The van der Waals surface area contributed by atoms with Gasteiger partial charge in [0.05, 0.1) is 50.1 Å². The van der Waals surface area contributed by atoms with Crippen LogP contribution in [0.4, 0.5) is 37.7 Å². The number of nitrogens with zero attached hydrogens (tertiary/aromatic N) is 2. The number of sulfonamides is 2. The SMILES string of the molecule is CS(=O)(=O)N(Cc1ccc(C(=O)CN)cc1F)c1cccc(F)c1.CS(=O)(=O)N(Cc1ccc(C(=O)CNC(=O)C(F)F)cc1F)c1cccc(F)c1. The molecule has 3 N–H and O–H groups in total. The Morgan fingerprint density at radius 2 is 1.08 bits per heavy atom. The van der Waals surface area contributed by atoms with Crippen molar-refractivity contribution in [3.05, 3.63) is 130 Å². The fourth-order valence-corrected chi connectivity index (χ4v) is 6.27. The molecule has 0 unspecified atom stereocenters. The van der Waals surface area contributed by atoms with Gasteiger partial charge in [0.15, 0.2) is 11.6 Å². The number of alkyl halides is 2. The molecule has 0 spiro atoms. The van der Waals surface area contributed by atoms with Crippen LogP contribution in [0.2, 0.25) is 0 Å². The Hall–Kier alpha value is -5.27. The maximum atomic E-state index is 14.4. The number of carbonyl (C=O) groups is 3. The van der Waals surface area contributed by atoms with E-state index in [1.54, 1.807) is 5.32 Å². The molecular formula is C34H32F6N4O7S2. The van der Waals surface area contributed by atoms with Crippen LogP contribution in [-0.4, -0.2) is 66.3 Å². The lowest BCUT2D eigenvalue weighted by molar-refractivity contribution is -0.131. The van der Waals surface area contributed by atoms with E-state index in [9.17, 15) is 57.6 Å². The average molecular weight is 787 g/mol. The predicted octanol–water partition coefficient (Wildman–Crippen LogP) is 4.57. The van der Waals surface area contributed by atoms with Gasteiger partial charge in [-0.2, -0.15) is 8.78 Å². The second-order valence-electron chi connectivity index (χ2n) is 11.2. The van der Waals surface area contributed by atoms with Crippen LogP contribution in [0.5, 0.6) is 0 Å².